The van der Waals surface area contributed by atoms with Gasteiger partial charge in [-0.05, 0) is 97.7 Å². The van der Waals surface area contributed by atoms with Crippen molar-refractivity contribution in [2.45, 2.75) is 15.2 Å². The van der Waals surface area contributed by atoms with Gasteiger partial charge in [0.2, 0.25) is 0 Å². The quantitative estimate of drug-likeness (QED) is 0.179. The Balaban J connectivity index is 1.06. The van der Waals surface area contributed by atoms with Gasteiger partial charge in [-0.2, -0.15) is 0 Å². The molecule has 1 aromatic heterocycles. The summed E-state index contributed by atoms with van der Waals surface area (Å²) >= 11 is 1.91. The lowest BCUT2D eigenvalue weighted by Gasteiger charge is -2.41. The smallest absolute Gasteiger partial charge is 0.159 e. The predicted molar refractivity (Wildman–Crippen MR) is 233 cm³/mol. The van der Waals surface area contributed by atoms with Crippen LogP contribution in [0.5, 0.6) is 0 Å². The first kappa shape index (κ1) is 31.5. The van der Waals surface area contributed by atoms with Crippen LogP contribution < -0.4 is 4.90 Å². The maximum Gasteiger partial charge on any atom is 0.159 e. The molecule has 262 valence electrons. The van der Waals surface area contributed by atoms with Crippen molar-refractivity contribution < 1.29 is 4.42 Å². The fraction of sp³-hybridized carbons (Fsp3) is 0.0189. The standard InChI is InChI=1S/C53H33NOS/c1-2-15-36(16-3-1)54(47-26-13-22-43-42-20-8-11-27-48(42)55-51(43)47)37-31-28-35(29-32-37)39-21-12-25-46-52(39)56-49-33-30-34-14-4-5-17-38(34)50(49)53(46)44-23-9-6-18-40(44)41-19-7-10-24-45(41)53/h1-33H. The molecule has 2 aliphatic rings. The second kappa shape index (κ2) is 12.1. The molecule has 0 amide bonds. The van der Waals surface area contributed by atoms with E-state index >= 15 is 0 Å². The number of hydrogen-bond donors (Lipinski definition) is 0. The molecule has 56 heavy (non-hydrogen) atoms. The fourth-order valence-electron chi connectivity index (χ4n) is 9.63. The summed E-state index contributed by atoms with van der Waals surface area (Å²) in [6.45, 7) is 0. The van der Waals surface area contributed by atoms with Crippen LogP contribution >= 0.6 is 11.8 Å². The summed E-state index contributed by atoms with van der Waals surface area (Å²) in [4.78, 5) is 4.93. The summed E-state index contributed by atoms with van der Waals surface area (Å²) in [5.74, 6) is 0. The fourth-order valence-corrected chi connectivity index (χ4v) is 11.0. The average molecular weight is 732 g/mol. The highest BCUT2D eigenvalue weighted by Gasteiger charge is 2.51. The lowest BCUT2D eigenvalue weighted by atomic mass is 9.66. The molecule has 12 rings (SSSR count). The Morgan fingerprint density at radius 2 is 1.04 bits per heavy atom. The van der Waals surface area contributed by atoms with Gasteiger partial charge in [0.05, 0.1) is 11.1 Å². The van der Waals surface area contributed by atoms with Gasteiger partial charge in [0.15, 0.2) is 5.58 Å². The summed E-state index contributed by atoms with van der Waals surface area (Å²) in [7, 11) is 0. The van der Waals surface area contributed by atoms with Crippen LogP contribution in [-0.2, 0) is 5.41 Å². The molecule has 0 radical (unpaired) electrons. The van der Waals surface area contributed by atoms with Crippen molar-refractivity contribution in [2.75, 3.05) is 4.90 Å². The Hall–Kier alpha value is -6.81. The van der Waals surface area contributed by atoms with E-state index in [0.29, 0.717) is 0 Å². The van der Waals surface area contributed by atoms with Crippen LogP contribution in [0.3, 0.4) is 0 Å². The van der Waals surface area contributed by atoms with Gasteiger partial charge in [-0.3, -0.25) is 0 Å². The van der Waals surface area contributed by atoms with Crippen molar-refractivity contribution in [1.29, 1.82) is 0 Å². The summed E-state index contributed by atoms with van der Waals surface area (Å²) in [5, 5.41) is 4.81. The zero-order valence-electron chi connectivity index (χ0n) is 30.3. The van der Waals surface area contributed by atoms with Gasteiger partial charge in [-0.25, -0.2) is 0 Å². The first-order valence-electron chi connectivity index (χ1n) is 19.2. The molecular weight excluding hydrogens is 699 g/mol. The monoisotopic (exact) mass is 731 g/mol. The highest BCUT2D eigenvalue weighted by molar-refractivity contribution is 7.99. The SMILES string of the molecule is c1ccc(N(c2ccc(-c3cccc4c3Sc3ccc5ccccc5c3C43c4ccccc4-c4ccccc43)cc2)c2cccc3c2oc2ccccc23)cc1. The van der Waals surface area contributed by atoms with Crippen LogP contribution in [-0.4, -0.2) is 0 Å². The molecule has 2 heterocycles. The zero-order valence-corrected chi connectivity index (χ0v) is 31.1. The highest BCUT2D eigenvalue weighted by atomic mass is 32.2. The Morgan fingerprint density at radius 3 is 1.84 bits per heavy atom. The van der Waals surface area contributed by atoms with Crippen LogP contribution in [0.4, 0.5) is 17.1 Å². The third kappa shape index (κ3) is 4.35. The van der Waals surface area contributed by atoms with E-state index in [2.05, 4.69) is 193 Å². The predicted octanol–water partition coefficient (Wildman–Crippen LogP) is 14.7. The molecule has 10 aromatic rings. The van der Waals surface area contributed by atoms with E-state index in [1.165, 1.54) is 65.1 Å². The zero-order chi connectivity index (χ0) is 36.8. The summed E-state index contributed by atoms with van der Waals surface area (Å²) in [5.41, 5.74) is 14.9. The van der Waals surface area contributed by atoms with E-state index in [9.17, 15) is 0 Å². The van der Waals surface area contributed by atoms with Gasteiger partial charge in [0, 0.05) is 31.9 Å². The first-order valence-corrected chi connectivity index (χ1v) is 20.0. The number of fused-ring (bicyclic) bond motifs is 14. The van der Waals surface area contributed by atoms with Gasteiger partial charge >= 0.3 is 0 Å². The molecule has 0 unspecified atom stereocenters. The maximum absolute atomic E-state index is 6.57. The number of anilines is 3. The van der Waals surface area contributed by atoms with Gasteiger partial charge in [0.25, 0.3) is 0 Å². The minimum Gasteiger partial charge on any atom is -0.454 e. The second-order valence-electron chi connectivity index (χ2n) is 14.8. The van der Waals surface area contributed by atoms with Crippen LogP contribution in [0.25, 0.3) is 55.0 Å². The van der Waals surface area contributed by atoms with E-state index < -0.39 is 5.41 Å². The molecule has 2 nitrogen and oxygen atoms in total. The molecule has 0 saturated carbocycles. The van der Waals surface area contributed by atoms with E-state index in [1.807, 2.05) is 23.9 Å². The number of para-hydroxylation sites is 3. The van der Waals surface area contributed by atoms with Crippen molar-refractivity contribution in [3.05, 3.63) is 222 Å². The number of rotatable bonds is 4. The van der Waals surface area contributed by atoms with Crippen LogP contribution in [0.2, 0.25) is 0 Å². The van der Waals surface area contributed by atoms with E-state index in [1.54, 1.807) is 0 Å². The number of benzene rings is 9. The van der Waals surface area contributed by atoms with Crippen molar-refractivity contribution in [2.24, 2.45) is 0 Å². The van der Waals surface area contributed by atoms with Gasteiger partial charge in [-0.15, -0.1) is 0 Å². The second-order valence-corrected chi connectivity index (χ2v) is 15.8. The molecule has 1 aliphatic carbocycles. The molecule has 0 atom stereocenters. The van der Waals surface area contributed by atoms with Crippen molar-refractivity contribution in [3.63, 3.8) is 0 Å². The van der Waals surface area contributed by atoms with Crippen molar-refractivity contribution in [3.8, 4) is 22.3 Å². The van der Waals surface area contributed by atoms with Crippen LogP contribution in [0.15, 0.2) is 214 Å². The molecule has 0 saturated heterocycles. The minimum atomic E-state index is -0.463. The molecule has 0 N–H and O–H groups in total. The largest absolute Gasteiger partial charge is 0.454 e. The molecule has 1 aliphatic heterocycles. The Kier molecular flexibility index (Phi) is 6.81. The third-order valence-corrected chi connectivity index (χ3v) is 13.1. The van der Waals surface area contributed by atoms with Gasteiger partial charge in [-0.1, -0.05) is 169 Å². The first-order chi connectivity index (χ1) is 27.8. The Labute approximate surface area is 329 Å². The topological polar surface area (TPSA) is 16.4 Å². The summed E-state index contributed by atoms with van der Waals surface area (Å²) < 4.78 is 6.57. The normalized spacial score (nSPS) is 13.4. The lowest BCUT2D eigenvalue weighted by Crippen LogP contribution is -2.32. The van der Waals surface area contributed by atoms with Gasteiger partial charge in [0.1, 0.15) is 5.58 Å². The molecule has 1 spiro atoms. The van der Waals surface area contributed by atoms with E-state index in [-0.39, 0.29) is 0 Å². The Bertz CT molecular complexity index is 3130. The maximum atomic E-state index is 6.57. The van der Waals surface area contributed by atoms with E-state index in [0.717, 1.165) is 39.0 Å². The molecule has 9 aromatic carbocycles. The molecular formula is C53H33NOS. The molecule has 0 bridgehead atoms. The lowest BCUT2D eigenvalue weighted by molar-refractivity contribution is 0.669. The van der Waals surface area contributed by atoms with Gasteiger partial charge < -0.3 is 9.32 Å². The number of nitrogens with zero attached hydrogens (tertiary/aromatic N) is 1. The van der Waals surface area contributed by atoms with Crippen LogP contribution in [0.1, 0.15) is 22.3 Å². The average Bonchev–Trinajstić information content (AvgIpc) is 3.79. The number of furan rings is 1. The van der Waals surface area contributed by atoms with Crippen LogP contribution in [0, 0.1) is 0 Å². The molecule has 0 fully saturated rings. The molecule has 3 heteroatoms. The van der Waals surface area contributed by atoms with Crippen molar-refractivity contribution in [1.82, 2.24) is 0 Å². The third-order valence-electron chi connectivity index (χ3n) is 11.9. The summed E-state index contributed by atoms with van der Waals surface area (Å²) in [6, 6.07) is 73.1. The van der Waals surface area contributed by atoms with Crippen molar-refractivity contribution >= 4 is 61.5 Å². The minimum absolute atomic E-state index is 0.463. The number of hydrogen-bond acceptors (Lipinski definition) is 3. The van der Waals surface area contributed by atoms with E-state index in [4.69, 9.17) is 4.42 Å². The Morgan fingerprint density at radius 1 is 0.429 bits per heavy atom. The summed E-state index contributed by atoms with van der Waals surface area (Å²) in [6.07, 6.45) is 0. The highest BCUT2D eigenvalue weighted by Crippen LogP contribution is 2.64.